The van der Waals surface area contributed by atoms with Gasteiger partial charge in [0.15, 0.2) is 6.23 Å². The van der Waals surface area contributed by atoms with E-state index in [0.29, 0.717) is 93.0 Å². The highest BCUT2D eigenvalue weighted by Gasteiger charge is 2.62. The molecule has 2 aliphatic carbocycles. The number of amidine groups is 1. The SMILES string of the molecule is CCCCCOC1N=C(c2ccc(OC(F)(F)F)cc2)NC12CCN(c1cc3c(c(CCc4c(C)cc(N5C(=O)NC(=O)C56CC6)cc4C)c1S(=O)(=O)O)Cc1ccccc1-3)CC2. The number of aliphatic imine (C=N–C) groups is 1. The maximum atomic E-state index is 13.8. The van der Waals surface area contributed by atoms with Crippen molar-refractivity contribution >= 4 is 39.3 Å². The number of aryl methyl sites for hydroxylation is 2. The summed E-state index contributed by atoms with van der Waals surface area (Å²) in [5.74, 6) is -0.128. The highest BCUT2D eigenvalue weighted by atomic mass is 32.2. The van der Waals surface area contributed by atoms with Crippen molar-refractivity contribution in [2.75, 3.05) is 29.5 Å². The van der Waals surface area contributed by atoms with Crippen LogP contribution in [0.15, 0.2) is 76.6 Å². The third kappa shape index (κ3) is 7.94. The second-order valence-corrected chi connectivity index (χ2v) is 18.8. The molecule has 3 aliphatic heterocycles. The van der Waals surface area contributed by atoms with E-state index in [1.807, 2.05) is 61.2 Å². The van der Waals surface area contributed by atoms with E-state index in [1.165, 1.54) is 24.3 Å². The number of hydrogen-bond donors (Lipinski definition) is 3. The molecule has 4 aromatic rings. The number of rotatable bonds is 13. The number of fused-ring (bicyclic) bond motifs is 3. The molecule has 9 rings (SSSR count). The zero-order chi connectivity index (χ0) is 44.5. The summed E-state index contributed by atoms with van der Waals surface area (Å²) in [7, 11) is -4.77. The lowest BCUT2D eigenvalue weighted by atomic mass is 9.85. The number of benzene rings is 4. The molecule has 0 aromatic heterocycles. The maximum absolute atomic E-state index is 13.8. The maximum Gasteiger partial charge on any atom is 0.573 e. The van der Waals surface area contributed by atoms with E-state index in [-0.39, 0.29) is 16.6 Å². The summed E-state index contributed by atoms with van der Waals surface area (Å²) in [4.78, 5) is 33.9. The molecule has 332 valence electrons. The Morgan fingerprint density at radius 3 is 2.24 bits per heavy atom. The number of anilines is 2. The van der Waals surface area contributed by atoms with Crippen LogP contribution in [-0.4, -0.2) is 74.1 Å². The molecule has 16 heteroatoms. The third-order valence-electron chi connectivity index (χ3n) is 13.4. The predicted molar refractivity (Wildman–Crippen MR) is 232 cm³/mol. The monoisotopic (exact) mass is 885 g/mol. The minimum atomic E-state index is -4.82. The Morgan fingerprint density at radius 2 is 1.59 bits per heavy atom. The van der Waals surface area contributed by atoms with Crippen LogP contribution in [0.3, 0.4) is 0 Å². The number of nitrogens with one attached hydrogen (secondary N) is 2. The molecule has 2 spiro atoms. The van der Waals surface area contributed by atoms with Gasteiger partial charge in [-0.2, -0.15) is 8.42 Å². The molecule has 1 atom stereocenters. The average molecular weight is 886 g/mol. The van der Waals surface area contributed by atoms with Crippen LogP contribution in [0.2, 0.25) is 0 Å². The van der Waals surface area contributed by atoms with Gasteiger partial charge < -0.3 is 19.7 Å². The summed E-state index contributed by atoms with van der Waals surface area (Å²) in [6.45, 7) is 7.25. The van der Waals surface area contributed by atoms with E-state index in [4.69, 9.17) is 9.73 Å². The number of carbonyl (C=O) groups excluding carboxylic acids is 2. The van der Waals surface area contributed by atoms with Gasteiger partial charge in [0.05, 0.1) is 11.2 Å². The first kappa shape index (κ1) is 42.8. The zero-order valence-corrected chi connectivity index (χ0v) is 36.2. The molecule has 4 aromatic carbocycles. The molecule has 0 bridgehead atoms. The topological polar surface area (TPSA) is 150 Å². The molecular formula is C47H50F3N5O7S. The molecule has 12 nitrogen and oxygen atoms in total. The number of halogens is 3. The van der Waals surface area contributed by atoms with Gasteiger partial charge in [0.1, 0.15) is 22.0 Å². The van der Waals surface area contributed by atoms with Gasteiger partial charge in [-0.05, 0) is 152 Å². The highest BCUT2D eigenvalue weighted by molar-refractivity contribution is 7.86. The normalized spacial score (nSPS) is 19.6. The van der Waals surface area contributed by atoms with Gasteiger partial charge in [0.25, 0.3) is 16.0 Å². The van der Waals surface area contributed by atoms with Crippen LogP contribution in [0.25, 0.3) is 11.1 Å². The van der Waals surface area contributed by atoms with Crippen LogP contribution < -0.4 is 25.2 Å². The number of alkyl halides is 3. The Kier molecular flexibility index (Phi) is 10.9. The number of unbranched alkanes of at least 4 members (excludes halogenated alkanes) is 2. The summed E-state index contributed by atoms with van der Waals surface area (Å²) in [6.07, 6.45) is 0.833. The van der Waals surface area contributed by atoms with Crippen LogP contribution in [0.1, 0.15) is 90.8 Å². The molecule has 3 heterocycles. The van der Waals surface area contributed by atoms with Crippen LogP contribution in [0.5, 0.6) is 5.75 Å². The molecule has 3 amide bonds. The highest BCUT2D eigenvalue weighted by Crippen LogP contribution is 2.49. The van der Waals surface area contributed by atoms with Crippen LogP contribution in [0, 0.1) is 13.8 Å². The van der Waals surface area contributed by atoms with E-state index in [0.717, 1.165) is 58.2 Å². The second kappa shape index (κ2) is 16.0. The van der Waals surface area contributed by atoms with Crippen LogP contribution >= 0.6 is 0 Å². The fourth-order valence-electron chi connectivity index (χ4n) is 10.1. The second-order valence-electron chi connectivity index (χ2n) is 17.5. The number of ether oxygens (including phenoxy) is 2. The number of carbonyl (C=O) groups is 2. The van der Waals surface area contributed by atoms with Crippen molar-refractivity contribution in [3.8, 4) is 16.9 Å². The predicted octanol–water partition coefficient (Wildman–Crippen LogP) is 8.32. The van der Waals surface area contributed by atoms with Gasteiger partial charge >= 0.3 is 12.4 Å². The van der Waals surface area contributed by atoms with E-state index in [2.05, 4.69) is 22.3 Å². The smallest absolute Gasteiger partial charge is 0.406 e. The summed E-state index contributed by atoms with van der Waals surface area (Å²) >= 11 is 0. The summed E-state index contributed by atoms with van der Waals surface area (Å²) in [5.41, 5.74) is 7.33. The molecule has 3 N–H and O–H groups in total. The minimum absolute atomic E-state index is 0.107. The van der Waals surface area contributed by atoms with Crippen molar-refractivity contribution in [1.82, 2.24) is 10.6 Å². The van der Waals surface area contributed by atoms with E-state index < -0.39 is 39.8 Å². The zero-order valence-electron chi connectivity index (χ0n) is 35.4. The molecule has 1 unspecified atom stereocenters. The van der Waals surface area contributed by atoms with E-state index in [1.54, 1.807) is 4.90 Å². The first-order chi connectivity index (χ1) is 30.0. The minimum Gasteiger partial charge on any atom is -0.406 e. The van der Waals surface area contributed by atoms with Gasteiger partial charge in [-0.3, -0.25) is 19.6 Å². The fourth-order valence-corrected chi connectivity index (χ4v) is 11.1. The van der Waals surface area contributed by atoms with Gasteiger partial charge in [-0.15, -0.1) is 13.2 Å². The molecule has 1 saturated carbocycles. The molecular weight excluding hydrogens is 836 g/mol. The summed E-state index contributed by atoms with van der Waals surface area (Å²) in [6, 6.07) is 18.8. The van der Waals surface area contributed by atoms with Gasteiger partial charge in [0.2, 0.25) is 0 Å². The lowest BCUT2D eigenvalue weighted by Gasteiger charge is -2.43. The van der Waals surface area contributed by atoms with Crippen molar-refractivity contribution in [2.45, 2.75) is 114 Å². The standard InChI is InChI=1S/C47H50F3N5O7S/c1-4-5-8-23-61-43-45(53-41(51-43)30-11-13-33(14-12-30)62-47(48,49)50)19-21-54(22-20-45)39-27-38-35-10-7-6-9-31(35)26-37(38)36(40(39)63(58,59)60)16-15-34-28(2)24-32(25-29(34)3)55-44(57)52-42(56)46(55)17-18-46/h6-7,9-14,24-25,27,43H,4-5,8,15-23,26H2,1-3H3,(H,51,53)(H,52,56,57)(H,58,59,60). The van der Waals surface area contributed by atoms with Crippen LogP contribution in [-0.2, 0) is 38.9 Å². The van der Waals surface area contributed by atoms with E-state index >= 15 is 0 Å². The Bertz CT molecular complexity index is 2620. The number of imide groups is 1. The number of piperidine rings is 1. The molecule has 5 aliphatic rings. The summed E-state index contributed by atoms with van der Waals surface area (Å²) in [5, 5.41) is 6.04. The third-order valence-corrected chi connectivity index (χ3v) is 14.4. The van der Waals surface area contributed by atoms with E-state index in [9.17, 15) is 35.7 Å². The lowest BCUT2D eigenvalue weighted by Crippen LogP contribution is -2.58. The number of urea groups is 1. The van der Waals surface area contributed by atoms with Gasteiger partial charge in [0, 0.05) is 30.9 Å². The van der Waals surface area contributed by atoms with Gasteiger partial charge in [-0.25, -0.2) is 9.79 Å². The molecule has 2 saturated heterocycles. The van der Waals surface area contributed by atoms with Crippen molar-refractivity contribution in [1.29, 1.82) is 0 Å². The quantitative estimate of drug-likeness (QED) is 0.0603. The number of hydrogen-bond acceptors (Lipinski definition) is 9. The Morgan fingerprint density at radius 1 is 0.905 bits per heavy atom. The summed E-state index contributed by atoms with van der Waals surface area (Å²) < 4.78 is 87.9. The molecule has 63 heavy (non-hydrogen) atoms. The lowest BCUT2D eigenvalue weighted by molar-refractivity contribution is -0.274. The average Bonchev–Trinajstić information content (AvgIpc) is 3.73. The van der Waals surface area contributed by atoms with Crippen molar-refractivity contribution in [2.24, 2.45) is 4.99 Å². The van der Waals surface area contributed by atoms with Crippen molar-refractivity contribution < 1.29 is 45.2 Å². The largest absolute Gasteiger partial charge is 0.573 e. The Labute approximate surface area is 364 Å². The first-order valence-corrected chi connectivity index (χ1v) is 23.0. The molecule has 0 radical (unpaired) electrons. The van der Waals surface area contributed by atoms with Crippen LogP contribution in [0.4, 0.5) is 29.3 Å². The number of nitrogens with zero attached hydrogens (tertiary/aromatic N) is 3. The van der Waals surface area contributed by atoms with Crippen molar-refractivity contribution in [3.05, 3.63) is 106 Å². The Hall–Kier alpha value is -5.45. The van der Waals surface area contributed by atoms with Crippen molar-refractivity contribution in [3.63, 3.8) is 0 Å². The first-order valence-electron chi connectivity index (χ1n) is 21.6. The van der Waals surface area contributed by atoms with Gasteiger partial charge in [-0.1, -0.05) is 44.0 Å². The Balaban J connectivity index is 1.02. The molecule has 3 fully saturated rings. The number of amides is 3. The fraction of sp³-hybridized carbons (Fsp3) is 0.426.